The number of thioether (sulfide) groups is 1. The molecule has 2 aromatic carbocycles. The van der Waals surface area contributed by atoms with Gasteiger partial charge in [-0.3, -0.25) is 19.4 Å². The first-order valence-electron chi connectivity index (χ1n) is 12.3. The van der Waals surface area contributed by atoms with Crippen molar-refractivity contribution in [1.29, 1.82) is 0 Å². The Morgan fingerprint density at radius 3 is 2.54 bits per heavy atom. The van der Waals surface area contributed by atoms with Gasteiger partial charge in [-0.05, 0) is 55.1 Å². The van der Waals surface area contributed by atoms with E-state index in [0.717, 1.165) is 5.56 Å². The lowest BCUT2D eigenvalue weighted by Gasteiger charge is -2.42. The van der Waals surface area contributed by atoms with Crippen LogP contribution in [0, 0.1) is 5.82 Å². The highest BCUT2D eigenvalue weighted by atomic mass is 32.2. The number of benzene rings is 2. The lowest BCUT2D eigenvalue weighted by Crippen LogP contribution is -2.62. The number of furan rings is 1. The molecule has 0 N–H and O–H groups in total. The summed E-state index contributed by atoms with van der Waals surface area (Å²) in [6, 6.07) is 13.3. The normalized spacial score (nSPS) is 26.4. The number of likely N-dealkylation sites (N-methyl/N-ethyl adjacent to an activating group) is 2. The molecule has 3 atom stereocenters. The van der Waals surface area contributed by atoms with Crippen LogP contribution in [0.4, 0.5) is 10.1 Å². The fraction of sp³-hybridized carbons (Fsp3) is 0.321. The number of nitrogens with zero attached hydrogens (tertiary/aromatic N) is 3. The van der Waals surface area contributed by atoms with Gasteiger partial charge in [0, 0.05) is 30.8 Å². The first-order chi connectivity index (χ1) is 18.7. The largest absolute Gasteiger partial charge is 0.493 e. The molecule has 11 heteroatoms. The average Bonchev–Trinajstić information content (AvgIpc) is 3.65. The highest BCUT2D eigenvalue weighted by Crippen LogP contribution is 2.67. The van der Waals surface area contributed by atoms with E-state index in [2.05, 4.69) is 0 Å². The van der Waals surface area contributed by atoms with Crippen molar-refractivity contribution in [2.24, 2.45) is 0 Å². The Bertz CT molecular complexity index is 1510. The van der Waals surface area contributed by atoms with Crippen molar-refractivity contribution in [2.75, 3.05) is 39.8 Å². The molecule has 1 aromatic heterocycles. The molecular formula is C28H26FN3O5S2. The van der Waals surface area contributed by atoms with Crippen LogP contribution in [0.1, 0.15) is 22.8 Å². The minimum absolute atomic E-state index is 0.123. The van der Waals surface area contributed by atoms with E-state index < -0.39 is 22.0 Å². The number of ether oxygens (including phenoxy) is 2. The number of carbonyl (C=O) groups is 2. The van der Waals surface area contributed by atoms with E-state index in [9.17, 15) is 14.0 Å². The number of halogens is 1. The third-order valence-electron chi connectivity index (χ3n) is 8.12. The quantitative estimate of drug-likeness (QED) is 0.426. The number of hydrogen-bond acceptors (Lipinski definition) is 8. The van der Waals surface area contributed by atoms with Crippen molar-refractivity contribution in [3.63, 3.8) is 0 Å². The second kappa shape index (κ2) is 9.07. The zero-order chi connectivity index (χ0) is 27.7. The van der Waals surface area contributed by atoms with Gasteiger partial charge in [-0.2, -0.15) is 0 Å². The van der Waals surface area contributed by atoms with E-state index in [1.165, 1.54) is 40.0 Å². The Balaban J connectivity index is 1.61. The van der Waals surface area contributed by atoms with Crippen LogP contribution in [-0.2, 0) is 21.7 Å². The van der Waals surface area contributed by atoms with Crippen molar-refractivity contribution in [3.05, 3.63) is 77.5 Å². The molecule has 8 nitrogen and oxygen atoms in total. The minimum atomic E-state index is -1.51. The molecular weight excluding hydrogens is 541 g/mol. The van der Waals surface area contributed by atoms with Gasteiger partial charge in [-0.25, -0.2) is 4.39 Å². The van der Waals surface area contributed by atoms with Crippen LogP contribution in [0.25, 0.3) is 0 Å². The molecule has 3 aliphatic rings. The van der Waals surface area contributed by atoms with Crippen LogP contribution >= 0.6 is 24.0 Å². The number of amides is 2. The number of fused-ring (bicyclic) bond motifs is 3. The number of hydrogen-bond donors (Lipinski definition) is 0. The lowest BCUT2D eigenvalue weighted by atomic mass is 9.72. The van der Waals surface area contributed by atoms with Gasteiger partial charge in [-0.1, -0.05) is 30.0 Å². The summed E-state index contributed by atoms with van der Waals surface area (Å²) in [5.74, 6) is -0.0196. The van der Waals surface area contributed by atoms with E-state index in [0.29, 0.717) is 39.4 Å². The molecule has 0 saturated carbocycles. The van der Waals surface area contributed by atoms with Crippen LogP contribution in [-0.4, -0.2) is 65.5 Å². The van der Waals surface area contributed by atoms with Crippen molar-refractivity contribution in [3.8, 4) is 11.5 Å². The number of anilines is 1. The number of likely N-dealkylation sites (tertiary alicyclic amines) is 1. The lowest BCUT2D eigenvalue weighted by molar-refractivity contribution is -0.139. The van der Waals surface area contributed by atoms with E-state index in [-0.39, 0.29) is 18.4 Å². The summed E-state index contributed by atoms with van der Waals surface area (Å²) in [6.07, 6.45) is 1.54. The second-order valence-corrected chi connectivity index (χ2v) is 11.7. The minimum Gasteiger partial charge on any atom is -0.493 e. The highest BCUT2D eigenvalue weighted by Gasteiger charge is 2.78. The number of methoxy groups -OCH3 is 2. The van der Waals surface area contributed by atoms with E-state index in [4.69, 9.17) is 26.1 Å². The van der Waals surface area contributed by atoms with Crippen LogP contribution in [0.15, 0.2) is 59.2 Å². The first kappa shape index (κ1) is 25.8. The topological polar surface area (TPSA) is 75.5 Å². The average molecular weight is 568 g/mol. The standard InChI is InChI=1S/C28H26FN3O5S2/c1-30-15-20(16-7-10-22(35-3)23(12-16)36-4)28(25(34)32(26(38)39-28)14-18-6-5-11-37-18)27(30)19-13-17(29)8-9-21(19)31(2)24(27)33/h5-13,20H,14-15H2,1-4H3/t20-,27-,28+/m0/s1. The maximum absolute atomic E-state index is 14.8. The summed E-state index contributed by atoms with van der Waals surface area (Å²) in [4.78, 5) is 34.1. The number of rotatable bonds is 5. The fourth-order valence-corrected chi connectivity index (χ4v) is 8.56. The van der Waals surface area contributed by atoms with Gasteiger partial charge in [0.1, 0.15) is 20.6 Å². The molecule has 0 aliphatic carbocycles. The summed E-state index contributed by atoms with van der Waals surface area (Å²) >= 11 is 7.00. The predicted molar refractivity (Wildman–Crippen MR) is 149 cm³/mol. The Morgan fingerprint density at radius 1 is 1.08 bits per heavy atom. The molecule has 3 aromatic rings. The van der Waals surface area contributed by atoms with Gasteiger partial charge in [0.15, 0.2) is 17.0 Å². The third kappa shape index (κ3) is 3.30. The maximum atomic E-state index is 14.8. The molecule has 2 spiro atoms. The maximum Gasteiger partial charge on any atom is 0.254 e. The molecule has 4 heterocycles. The van der Waals surface area contributed by atoms with Gasteiger partial charge in [0.25, 0.3) is 5.91 Å². The molecule has 3 aliphatic heterocycles. The summed E-state index contributed by atoms with van der Waals surface area (Å²) in [5.41, 5.74) is 0.273. The predicted octanol–water partition coefficient (Wildman–Crippen LogP) is 4.14. The number of thiocarbonyl (C=S) groups is 1. The molecule has 0 bridgehead atoms. The van der Waals surface area contributed by atoms with Crippen LogP contribution in [0.3, 0.4) is 0 Å². The second-order valence-electron chi connectivity index (χ2n) is 9.86. The molecule has 2 fully saturated rings. The van der Waals surface area contributed by atoms with Crippen molar-refractivity contribution in [2.45, 2.75) is 22.7 Å². The van der Waals surface area contributed by atoms with E-state index in [1.54, 1.807) is 52.6 Å². The SMILES string of the molecule is COc1ccc([C@@H]2CN(C)[C@@]3(C(=O)N(C)c4ccc(F)cc43)[C@@]23SC(=S)N(Cc2ccco2)C3=O)cc1OC. The highest BCUT2D eigenvalue weighted by molar-refractivity contribution is 8.25. The van der Waals surface area contributed by atoms with Gasteiger partial charge < -0.3 is 18.8 Å². The van der Waals surface area contributed by atoms with Gasteiger partial charge in [0.05, 0.1) is 27.0 Å². The van der Waals surface area contributed by atoms with Crippen molar-refractivity contribution < 1.29 is 27.9 Å². The first-order valence-corrected chi connectivity index (χ1v) is 13.5. The molecule has 0 radical (unpaired) electrons. The van der Waals surface area contributed by atoms with Crippen LogP contribution in [0.5, 0.6) is 11.5 Å². The summed E-state index contributed by atoms with van der Waals surface area (Å²) in [7, 11) is 6.56. The Kier molecular flexibility index (Phi) is 6.01. The molecule has 6 rings (SSSR count). The van der Waals surface area contributed by atoms with Gasteiger partial charge in [-0.15, -0.1) is 0 Å². The Morgan fingerprint density at radius 2 is 1.85 bits per heavy atom. The molecule has 0 unspecified atom stereocenters. The van der Waals surface area contributed by atoms with Crippen LogP contribution < -0.4 is 14.4 Å². The molecule has 202 valence electrons. The summed E-state index contributed by atoms with van der Waals surface area (Å²) in [6.45, 7) is 0.457. The fourth-order valence-electron chi connectivity index (χ4n) is 6.43. The molecule has 39 heavy (non-hydrogen) atoms. The zero-order valence-electron chi connectivity index (χ0n) is 21.8. The monoisotopic (exact) mass is 567 g/mol. The third-order valence-corrected chi connectivity index (χ3v) is 10.1. The van der Waals surface area contributed by atoms with Crippen molar-refractivity contribution >= 4 is 45.8 Å². The van der Waals surface area contributed by atoms with Crippen molar-refractivity contribution in [1.82, 2.24) is 9.80 Å². The summed E-state index contributed by atoms with van der Waals surface area (Å²) in [5, 5.41) is 0. The van der Waals surface area contributed by atoms with Gasteiger partial charge in [0.2, 0.25) is 5.91 Å². The molecule has 2 amide bonds. The Labute approximate surface area is 234 Å². The van der Waals surface area contributed by atoms with E-state index >= 15 is 0 Å². The molecule has 2 saturated heterocycles. The van der Waals surface area contributed by atoms with Crippen LogP contribution in [0.2, 0.25) is 0 Å². The van der Waals surface area contributed by atoms with E-state index in [1.807, 2.05) is 17.0 Å². The smallest absolute Gasteiger partial charge is 0.254 e. The Hall–Kier alpha value is -3.41. The zero-order valence-corrected chi connectivity index (χ0v) is 23.4. The summed E-state index contributed by atoms with van der Waals surface area (Å²) < 4.78 is 30.3. The number of carbonyl (C=O) groups excluding carboxylic acids is 2. The van der Waals surface area contributed by atoms with Gasteiger partial charge >= 0.3 is 0 Å².